The lowest BCUT2D eigenvalue weighted by atomic mass is 9.64. The number of hydrogen-bond acceptors (Lipinski definition) is 4. The molecule has 3 rings (SSSR count). The Hall–Kier alpha value is -2.01. The van der Waals surface area contributed by atoms with Crippen molar-refractivity contribution in [3.05, 3.63) is 47.0 Å². The molecule has 1 aromatic carbocycles. The Labute approximate surface area is 127 Å². The number of rotatable bonds is 4. The molecule has 0 aliphatic heterocycles. The summed E-state index contributed by atoms with van der Waals surface area (Å²) >= 11 is 1.29. The number of hydrogen-bond donors (Lipinski definition) is 1. The number of amides is 1. The Morgan fingerprint density at radius 1 is 1.24 bits per heavy atom. The van der Waals surface area contributed by atoms with Crippen molar-refractivity contribution in [1.82, 2.24) is 4.98 Å². The van der Waals surface area contributed by atoms with Gasteiger partial charge in [-0.25, -0.2) is 4.98 Å². The summed E-state index contributed by atoms with van der Waals surface area (Å²) in [5.41, 5.74) is 1.01. The molecular formula is C16H16N2O2S. The average molecular weight is 300 g/mol. The molecule has 1 saturated carbocycles. The topological polar surface area (TPSA) is 59.1 Å². The highest BCUT2D eigenvalue weighted by Crippen LogP contribution is 2.44. The Balaban J connectivity index is 1.81. The van der Waals surface area contributed by atoms with Gasteiger partial charge in [-0.2, -0.15) is 0 Å². The first kappa shape index (κ1) is 13.9. The van der Waals surface area contributed by atoms with Gasteiger partial charge in [-0.1, -0.05) is 36.8 Å². The molecule has 108 valence electrons. The van der Waals surface area contributed by atoms with Gasteiger partial charge in [0.05, 0.1) is 5.41 Å². The van der Waals surface area contributed by atoms with Gasteiger partial charge < -0.3 is 5.32 Å². The molecule has 0 bridgehead atoms. The van der Waals surface area contributed by atoms with Gasteiger partial charge in [0.1, 0.15) is 5.69 Å². The van der Waals surface area contributed by atoms with E-state index < -0.39 is 5.41 Å². The second-order valence-electron chi connectivity index (χ2n) is 5.35. The minimum Gasteiger partial charge on any atom is -0.301 e. The maximum Gasteiger partial charge on any atom is 0.236 e. The number of anilines is 1. The largest absolute Gasteiger partial charge is 0.301 e. The number of aromatic nitrogens is 1. The molecular weight excluding hydrogens is 284 g/mol. The zero-order valence-corrected chi connectivity index (χ0v) is 12.6. The fourth-order valence-electron chi connectivity index (χ4n) is 2.64. The highest BCUT2D eigenvalue weighted by molar-refractivity contribution is 7.14. The number of nitrogens with zero attached hydrogens (tertiary/aromatic N) is 1. The monoisotopic (exact) mass is 300 g/mol. The number of carbonyl (C=O) groups excluding carboxylic acids is 2. The Kier molecular flexibility index (Phi) is 3.59. The maximum atomic E-state index is 12.7. The van der Waals surface area contributed by atoms with E-state index in [0.717, 1.165) is 24.8 Å². The van der Waals surface area contributed by atoms with E-state index in [1.54, 1.807) is 5.38 Å². The Morgan fingerprint density at radius 3 is 2.48 bits per heavy atom. The van der Waals surface area contributed by atoms with Crippen LogP contribution in [-0.4, -0.2) is 16.7 Å². The zero-order chi connectivity index (χ0) is 14.9. The molecule has 1 N–H and O–H groups in total. The summed E-state index contributed by atoms with van der Waals surface area (Å²) in [5, 5.41) is 5.04. The molecule has 4 nitrogen and oxygen atoms in total. The van der Waals surface area contributed by atoms with Crippen LogP contribution in [0.2, 0.25) is 0 Å². The number of ketones is 1. The SMILES string of the molecule is CC(=O)c1csc(NC(=O)C2(c3ccccc3)CCC2)n1. The summed E-state index contributed by atoms with van der Waals surface area (Å²) in [6, 6.07) is 9.87. The third-order valence-electron chi connectivity index (χ3n) is 4.05. The number of Topliss-reactive ketones (excluding diaryl/α,β-unsaturated/α-hetero) is 1. The summed E-state index contributed by atoms with van der Waals surface area (Å²) < 4.78 is 0. The van der Waals surface area contributed by atoms with Crippen LogP contribution in [0, 0.1) is 0 Å². The van der Waals surface area contributed by atoms with Crippen molar-refractivity contribution in [2.24, 2.45) is 0 Å². The summed E-state index contributed by atoms with van der Waals surface area (Å²) in [5.74, 6) is -0.113. The van der Waals surface area contributed by atoms with Crippen LogP contribution in [-0.2, 0) is 10.2 Å². The van der Waals surface area contributed by atoms with Crippen molar-refractivity contribution in [3.63, 3.8) is 0 Å². The fourth-order valence-corrected chi connectivity index (χ4v) is 3.39. The lowest BCUT2D eigenvalue weighted by Crippen LogP contribution is -2.45. The molecule has 0 unspecified atom stereocenters. The van der Waals surface area contributed by atoms with Crippen LogP contribution in [0.5, 0.6) is 0 Å². The van der Waals surface area contributed by atoms with Crippen molar-refractivity contribution >= 4 is 28.2 Å². The van der Waals surface area contributed by atoms with Gasteiger partial charge >= 0.3 is 0 Å². The summed E-state index contributed by atoms with van der Waals surface area (Å²) in [7, 11) is 0. The summed E-state index contributed by atoms with van der Waals surface area (Å²) in [4.78, 5) is 28.1. The van der Waals surface area contributed by atoms with Gasteiger partial charge in [0.15, 0.2) is 10.9 Å². The van der Waals surface area contributed by atoms with Crippen molar-refractivity contribution in [3.8, 4) is 0 Å². The lowest BCUT2D eigenvalue weighted by Gasteiger charge is -2.40. The van der Waals surface area contributed by atoms with E-state index in [9.17, 15) is 9.59 Å². The predicted octanol–water partition coefficient (Wildman–Crippen LogP) is 3.41. The van der Waals surface area contributed by atoms with E-state index in [0.29, 0.717) is 10.8 Å². The van der Waals surface area contributed by atoms with E-state index >= 15 is 0 Å². The third-order valence-corrected chi connectivity index (χ3v) is 4.81. The van der Waals surface area contributed by atoms with E-state index in [1.165, 1.54) is 18.3 Å². The summed E-state index contributed by atoms with van der Waals surface area (Å²) in [6.45, 7) is 1.47. The molecule has 2 aromatic rings. The molecule has 1 aliphatic rings. The van der Waals surface area contributed by atoms with Gasteiger partial charge in [0.25, 0.3) is 0 Å². The van der Waals surface area contributed by atoms with E-state index in [1.807, 2.05) is 30.3 Å². The Morgan fingerprint density at radius 2 is 1.95 bits per heavy atom. The van der Waals surface area contributed by atoms with Gasteiger partial charge in [0, 0.05) is 12.3 Å². The molecule has 1 aromatic heterocycles. The molecule has 0 radical (unpaired) electrons. The highest BCUT2D eigenvalue weighted by Gasteiger charge is 2.45. The van der Waals surface area contributed by atoms with Crippen molar-refractivity contribution in [1.29, 1.82) is 0 Å². The second kappa shape index (κ2) is 5.41. The molecule has 0 atom stereocenters. The number of thiazole rings is 1. The minimum atomic E-state index is -0.441. The smallest absolute Gasteiger partial charge is 0.236 e. The molecule has 1 aliphatic carbocycles. The molecule has 21 heavy (non-hydrogen) atoms. The fraction of sp³-hybridized carbons (Fsp3) is 0.312. The van der Waals surface area contributed by atoms with Crippen molar-refractivity contribution in [2.75, 3.05) is 5.32 Å². The minimum absolute atomic E-state index is 0.0237. The van der Waals surface area contributed by atoms with Crippen LogP contribution >= 0.6 is 11.3 Å². The number of nitrogens with one attached hydrogen (secondary N) is 1. The number of carbonyl (C=O) groups is 2. The molecule has 0 spiro atoms. The van der Waals surface area contributed by atoms with Crippen molar-refractivity contribution < 1.29 is 9.59 Å². The average Bonchev–Trinajstić information content (AvgIpc) is 2.87. The van der Waals surface area contributed by atoms with E-state index in [-0.39, 0.29) is 11.7 Å². The van der Waals surface area contributed by atoms with Crippen molar-refractivity contribution in [2.45, 2.75) is 31.6 Å². The summed E-state index contributed by atoms with van der Waals surface area (Å²) in [6.07, 6.45) is 2.76. The first-order chi connectivity index (χ1) is 10.1. The highest BCUT2D eigenvalue weighted by atomic mass is 32.1. The van der Waals surface area contributed by atoms with Crippen LogP contribution in [0.25, 0.3) is 0 Å². The van der Waals surface area contributed by atoms with E-state index in [2.05, 4.69) is 10.3 Å². The second-order valence-corrected chi connectivity index (χ2v) is 6.21. The van der Waals surface area contributed by atoms with Crippen LogP contribution in [0.15, 0.2) is 35.7 Å². The molecule has 1 heterocycles. The normalized spacial score (nSPS) is 16.0. The van der Waals surface area contributed by atoms with Gasteiger partial charge in [0.2, 0.25) is 5.91 Å². The first-order valence-electron chi connectivity index (χ1n) is 6.95. The van der Waals surface area contributed by atoms with Crippen LogP contribution in [0.3, 0.4) is 0 Å². The van der Waals surface area contributed by atoms with Crippen LogP contribution in [0.4, 0.5) is 5.13 Å². The Bertz CT molecular complexity index is 675. The van der Waals surface area contributed by atoms with E-state index in [4.69, 9.17) is 0 Å². The molecule has 1 amide bonds. The zero-order valence-electron chi connectivity index (χ0n) is 11.8. The first-order valence-corrected chi connectivity index (χ1v) is 7.83. The molecule has 1 fully saturated rings. The lowest BCUT2D eigenvalue weighted by molar-refractivity contribution is -0.124. The van der Waals surface area contributed by atoms with Gasteiger partial charge in [-0.05, 0) is 18.4 Å². The standard InChI is InChI=1S/C16H16N2O2S/c1-11(19)13-10-21-15(17-13)18-14(20)16(8-5-9-16)12-6-3-2-4-7-12/h2-4,6-7,10H,5,8-9H2,1H3,(H,17,18,20). The van der Waals surface area contributed by atoms with Crippen LogP contribution < -0.4 is 5.32 Å². The molecule has 5 heteroatoms. The molecule has 0 saturated heterocycles. The van der Waals surface area contributed by atoms with Gasteiger partial charge in [-0.3, -0.25) is 9.59 Å². The third kappa shape index (κ3) is 2.49. The number of benzene rings is 1. The van der Waals surface area contributed by atoms with Crippen LogP contribution in [0.1, 0.15) is 42.2 Å². The quantitative estimate of drug-likeness (QED) is 0.880. The maximum absolute atomic E-state index is 12.7. The predicted molar refractivity (Wildman–Crippen MR) is 82.7 cm³/mol. The van der Waals surface area contributed by atoms with Gasteiger partial charge in [-0.15, -0.1) is 11.3 Å².